The van der Waals surface area contributed by atoms with Gasteiger partial charge in [0.25, 0.3) is 5.91 Å². The molecule has 1 aromatic heterocycles. The number of aromatic nitrogens is 2. The standard InChI is InChI=1S/C16H20N4O/c1-12(2)10-19-16-17-9-8-14(20-16)15(21)18-11-13-6-4-3-5-7-13/h3-9,12H,10-11H2,1-2H3,(H,18,21)(H,17,19,20). The molecule has 1 heterocycles. The smallest absolute Gasteiger partial charge is 0.270 e. The highest BCUT2D eigenvalue weighted by molar-refractivity contribution is 5.92. The van der Waals surface area contributed by atoms with Gasteiger partial charge in [-0.3, -0.25) is 4.79 Å². The molecule has 0 spiro atoms. The Hall–Kier alpha value is -2.43. The van der Waals surface area contributed by atoms with Gasteiger partial charge in [-0.15, -0.1) is 0 Å². The quantitative estimate of drug-likeness (QED) is 0.855. The molecule has 0 aliphatic heterocycles. The summed E-state index contributed by atoms with van der Waals surface area (Å²) < 4.78 is 0. The molecule has 2 rings (SSSR count). The van der Waals surface area contributed by atoms with Gasteiger partial charge in [0.05, 0.1) is 0 Å². The Morgan fingerprint density at radius 1 is 1.19 bits per heavy atom. The van der Waals surface area contributed by atoms with E-state index in [0.29, 0.717) is 24.1 Å². The van der Waals surface area contributed by atoms with E-state index in [1.807, 2.05) is 30.3 Å². The summed E-state index contributed by atoms with van der Waals surface area (Å²) in [5.41, 5.74) is 1.42. The Morgan fingerprint density at radius 2 is 1.95 bits per heavy atom. The van der Waals surface area contributed by atoms with Gasteiger partial charge in [-0.25, -0.2) is 9.97 Å². The molecule has 2 aromatic rings. The maximum Gasteiger partial charge on any atom is 0.270 e. The summed E-state index contributed by atoms with van der Waals surface area (Å²) in [7, 11) is 0. The second-order valence-corrected chi connectivity index (χ2v) is 5.21. The van der Waals surface area contributed by atoms with Gasteiger partial charge in [0.2, 0.25) is 5.95 Å². The van der Waals surface area contributed by atoms with Crippen molar-refractivity contribution >= 4 is 11.9 Å². The highest BCUT2D eigenvalue weighted by Gasteiger charge is 2.08. The van der Waals surface area contributed by atoms with Gasteiger partial charge >= 0.3 is 0 Å². The van der Waals surface area contributed by atoms with Crippen molar-refractivity contribution in [3.8, 4) is 0 Å². The monoisotopic (exact) mass is 284 g/mol. The lowest BCUT2D eigenvalue weighted by molar-refractivity contribution is 0.0946. The number of hydrogen-bond acceptors (Lipinski definition) is 4. The van der Waals surface area contributed by atoms with Gasteiger partial charge in [0.1, 0.15) is 5.69 Å². The van der Waals surface area contributed by atoms with Gasteiger partial charge in [0.15, 0.2) is 0 Å². The molecule has 2 N–H and O–H groups in total. The largest absolute Gasteiger partial charge is 0.354 e. The molecule has 0 bridgehead atoms. The molecule has 0 aliphatic rings. The van der Waals surface area contributed by atoms with Crippen molar-refractivity contribution in [2.45, 2.75) is 20.4 Å². The van der Waals surface area contributed by atoms with Crippen LogP contribution in [0.1, 0.15) is 29.9 Å². The molecule has 0 atom stereocenters. The van der Waals surface area contributed by atoms with Crippen molar-refractivity contribution in [2.75, 3.05) is 11.9 Å². The van der Waals surface area contributed by atoms with E-state index in [4.69, 9.17) is 0 Å². The number of rotatable bonds is 6. The summed E-state index contributed by atoms with van der Waals surface area (Å²) in [5.74, 6) is 0.772. The van der Waals surface area contributed by atoms with E-state index in [9.17, 15) is 4.79 Å². The minimum Gasteiger partial charge on any atom is -0.354 e. The normalized spacial score (nSPS) is 10.4. The molecular formula is C16H20N4O. The fourth-order valence-electron chi connectivity index (χ4n) is 1.73. The summed E-state index contributed by atoms with van der Waals surface area (Å²) in [5, 5.41) is 5.96. The molecule has 5 nitrogen and oxygen atoms in total. The van der Waals surface area contributed by atoms with Crippen LogP contribution in [0.25, 0.3) is 0 Å². The molecule has 0 aliphatic carbocycles. The van der Waals surface area contributed by atoms with Gasteiger partial charge in [-0.2, -0.15) is 0 Å². The van der Waals surface area contributed by atoms with Gasteiger partial charge in [-0.1, -0.05) is 44.2 Å². The van der Waals surface area contributed by atoms with Crippen molar-refractivity contribution in [1.82, 2.24) is 15.3 Å². The highest BCUT2D eigenvalue weighted by atomic mass is 16.1. The second-order valence-electron chi connectivity index (χ2n) is 5.21. The second kappa shape index (κ2) is 7.38. The summed E-state index contributed by atoms with van der Waals surface area (Å²) >= 11 is 0. The minimum absolute atomic E-state index is 0.200. The molecule has 1 amide bonds. The van der Waals surface area contributed by atoms with Crippen LogP contribution < -0.4 is 10.6 Å². The fourth-order valence-corrected chi connectivity index (χ4v) is 1.73. The molecule has 0 radical (unpaired) electrons. The molecule has 110 valence electrons. The third kappa shape index (κ3) is 4.87. The SMILES string of the molecule is CC(C)CNc1nccc(C(=O)NCc2ccccc2)n1. The van der Waals surface area contributed by atoms with Crippen molar-refractivity contribution < 1.29 is 4.79 Å². The summed E-state index contributed by atoms with van der Waals surface area (Å²) in [4.78, 5) is 20.4. The molecule has 0 unspecified atom stereocenters. The molecular weight excluding hydrogens is 264 g/mol. The summed E-state index contributed by atoms with van der Waals surface area (Å²) in [6.45, 7) is 5.46. The Kier molecular flexibility index (Phi) is 5.26. The molecule has 0 fully saturated rings. The zero-order valence-corrected chi connectivity index (χ0v) is 12.3. The Balaban J connectivity index is 1.94. The van der Waals surface area contributed by atoms with Gasteiger partial charge in [-0.05, 0) is 17.5 Å². The van der Waals surface area contributed by atoms with Gasteiger partial charge < -0.3 is 10.6 Å². The molecule has 1 aromatic carbocycles. The highest BCUT2D eigenvalue weighted by Crippen LogP contribution is 2.03. The predicted octanol–water partition coefficient (Wildman–Crippen LogP) is 2.47. The fraction of sp³-hybridized carbons (Fsp3) is 0.312. The summed E-state index contributed by atoms with van der Waals surface area (Å²) in [6.07, 6.45) is 1.59. The number of hydrogen-bond donors (Lipinski definition) is 2. The number of nitrogens with zero attached hydrogens (tertiary/aromatic N) is 2. The van der Waals surface area contributed by atoms with E-state index in [1.54, 1.807) is 12.3 Å². The molecule has 5 heteroatoms. The number of anilines is 1. The number of carbonyl (C=O) groups excluding carboxylic acids is 1. The lowest BCUT2D eigenvalue weighted by Gasteiger charge is -2.08. The number of benzene rings is 1. The van der Waals surface area contributed by atoms with Crippen LogP contribution in [0, 0.1) is 5.92 Å². The van der Waals surface area contributed by atoms with Crippen molar-refractivity contribution in [1.29, 1.82) is 0 Å². The van der Waals surface area contributed by atoms with Crippen LogP contribution in [0.15, 0.2) is 42.6 Å². The molecule has 21 heavy (non-hydrogen) atoms. The van der Waals surface area contributed by atoms with Crippen LogP contribution in [0.3, 0.4) is 0 Å². The van der Waals surface area contributed by atoms with Crippen LogP contribution in [0.5, 0.6) is 0 Å². The first kappa shape index (κ1) is 15.0. The third-order valence-corrected chi connectivity index (χ3v) is 2.85. The lowest BCUT2D eigenvalue weighted by atomic mass is 10.2. The summed E-state index contributed by atoms with van der Waals surface area (Å²) in [6, 6.07) is 11.4. The maximum absolute atomic E-state index is 12.1. The van der Waals surface area contributed by atoms with E-state index in [-0.39, 0.29) is 5.91 Å². The Morgan fingerprint density at radius 3 is 2.67 bits per heavy atom. The first-order chi connectivity index (χ1) is 10.1. The Labute approximate surface area is 124 Å². The maximum atomic E-state index is 12.1. The third-order valence-electron chi connectivity index (χ3n) is 2.85. The van der Waals surface area contributed by atoms with Gasteiger partial charge in [0, 0.05) is 19.3 Å². The van der Waals surface area contributed by atoms with E-state index < -0.39 is 0 Å². The predicted molar refractivity (Wildman–Crippen MR) is 83.0 cm³/mol. The minimum atomic E-state index is -0.200. The van der Waals surface area contributed by atoms with E-state index in [2.05, 4.69) is 34.4 Å². The van der Waals surface area contributed by atoms with E-state index in [1.165, 1.54) is 0 Å². The molecule has 0 saturated carbocycles. The van der Waals surface area contributed by atoms with Crippen LogP contribution in [-0.2, 0) is 6.54 Å². The molecule has 0 saturated heterocycles. The van der Waals surface area contributed by atoms with Crippen LogP contribution in [0.2, 0.25) is 0 Å². The first-order valence-electron chi connectivity index (χ1n) is 7.04. The van der Waals surface area contributed by atoms with Crippen LogP contribution in [-0.4, -0.2) is 22.4 Å². The van der Waals surface area contributed by atoms with Crippen molar-refractivity contribution in [3.63, 3.8) is 0 Å². The topological polar surface area (TPSA) is 66.9 Å². The lowest BCUT2D eigenvalue weighted by Crippen LogP contribution is -2.24. The average Bonchev–Trinajstić information content (AvgIpc) is 2.52. The zero-order chi connectivity index (χ0) is 15.1. The number of carbonyl (C=O) groups is 1. The number of nitrogens with one attached hydrogen (secondary N) is 2. The van der Waals surface area contributed by atoms with Crippen LogP contribution in [0.4, 0.5) is 5.95 Å². The number of amides is 1. The van der Waals surface area contributed by atoms with E-state index >= 15 is 0 Å². The first-order valence-corrected chi connectivity index (χ1v) is 7.04. The van der Waals surface area contributed by atoms with E-state index in [0.717, 1.165) is 12.1 Å². The van der Waals surface area contributed by atoms with Crippen molar-refractivity contribution in [2.24, 2.45) is 5.92 Å². The van der Waals surface area contributed by atoms with Crippen molar-refractivity contribution in [3.05, 3.63) is 53.9 Å². The Bertz CT molecular complexity index is 584. The zero-order valence-electron chi connectivity index (χ0n) is 12.3. The van der Waals surface area contributed by atoms with Crippen LogP contribution >= 0.6 is 0 Å². The average molecular weight is 284 g/mol.